The lowest BCUT2D eigenvalue weighted by molar-refractivity contribution is 0.415. The third-order valence-corrected chi connectivity index (χ3v) is 4.19. The molecule has 0 amide bonds. The maximum Gasteiger partial charge on any atom is 0.119 e. The second-order valence-corrected chi connectivity index (χ2v) is 4.97. The van der Waals surface area contributed by atoms with Gasteiger partial charge in [0.25, 0.3) is 0 Å². The predicted octanol–water partition coefficient (Wildman–Crippen LogP) is 3.95. The van der Waals surface area contributed by atoms with Gasteiger partial charge in [-0.3, -0.25) is 0 Å². The first-order valence-electron chi connectivity index (χ1n) is 6.31. The van der Waals surface area contributed by atoms with Gasteiger partial charge in [-0.25, -0.2) is 0 Å². The Balaban J connectivity index is 2.41. The smallest absolute Gasteiger partial charge is 0.119 e. The minimum Gasteiger partial charge on any atom is -0.497 e. The topological polar surface area (TPSA) is 9.23 Å². The maximum atomic E-state index is 5.34. The van der Waals surface area contributed by atoms with Crippen LogP contribution in [-0.4, -0.2) is 7.11 Å². The van der Waals surface area contributed by atoms with Gasteiger partial charge < -0.3 is 4.74 Å². The van der Waals surface area contributed by atoms with Crippen LogP contribution in [0.1, 0.15) is 28.7 Å². The van der Waals surface area contributed by atoms with E-state index in [0.717, 1.165) is 5.75 Å². The Morgan fingerprint density at radius 3 is 2.47 bits per heavy atom. The first-order valence-corrected chi connectivity index (χ1v) is 6.31. The van der Waals surface area contributed by atoms with Crippen molar-refractivity contribution in [2.24, 2.45) is 0 Å². The number of hydrogen-bond donors (Lipinski definition) is 0. The average Bonchev–Trinajstić information content (AvgIpc) is 2.84. The van der Waals surface area contributed by atoms with Crippen molar-refractivity contribution in [3.63, 3.8) is 0 Å². The molecule has 0 bridgehead atoms. The molecule has 0 spiro atoms. The van der Waals surface area contributed by atoms with Gasteiger partial charge in [-0.2, -0.15) is 0 Å². The van der Waals surface area contributed by atoms with Gasteiger partial charge in [0.2, 0.25) is 0 Å². The molecule has 1 heteroatoms. The lowest BCUT2D eigenvalue weighted by Crippen LogP contribution is -1.95. The molecule has 2 aromatic rings. The third kappa shape index (κ3) is 1.45. The summed E-state index contributed by atoms with van der Waals surface area (Å²) in [5, 5.41) is 2.80. The maximum absolute atomic E-state index is 5.34. The fraction of sp³-hybridized carbons (Fsp3) is 0.375. The Morgan fingerprint density at radius 1 is 0.941 bits per heavy atom. The zero-order chi connectivity index (χ0) is 12.0. The SMILES string of the molecule is COc1ccc2c3c(c(C)c(C)c2c1)CCC3. The first-order chi connectivity index (χ1) is 8.22. The molecule has 1 nitrogen and oxygen atoms in total. The van der Waals surface area contributed by atoms with Gasteiger partial charge in [-0.1, -0.05) is 6.07 Å². The average molecular weight is 226 g/mol. The minimum atomic E-state index is 0.956. The van der Waals surface area contributed by atoms with Crippen molar-refractivity contribution in [1.29, 1.82) is 0 Å². The van der Waals surface area contributed by atoms with Gasteiger partial charge in [0.15, 0.2) is 0 Å². The van der Waals surface area contributed by atoms with Crippen LogP contribution in [0, 0.1) is 13.8 Å². The van der Waals surface area contributed by atoms with Crippen LogP contribution >= 0.6 is 0 Å². The number of rotatable bonds is 1. The van der Waals surface area contributed by atoms with Crippen molar-refractivity contribution in [2.75, 3.05) is 7.11 Å². The van der Waals surface area contributed by atoms with Crippen molar-refractivity contribution in [3.8, 4) is 5.75 Å². The molecule has 0 aliphatic heterocycles. The highest BCUT2D eigenvalue weighted by molar-refractivity contribution is 5.92. The molecule has 0 unspecified atom stereocenters. The van der Waals surface area contributed by atoms with Gasteiger partial charge in [-0.15, -0.1) is 0 Å². The monoisotopic (exact) mass is 226 g/mol. The zero-order valence-corrected chi connectivity index (χ0v) is 10.8. The Hall–Kier alpha value is -1.50. The van der Waals surface area contributed by atoms with E-state index in [0.29, 0.717) is 0 Å². The summed E-state index contributed by atoms with van der Waals surface area (Å²) in [7, 11) is 1.73. The number of aryl methyl sites for hydroxylation is 2. The van der Waals surface area contributed by atoms with E-state index in [2.05, 4.69) is 32.0 Å². The summed E-state index contributed by atoms with van der Waals surface area (Å²) < 4.78 is 5.34. The first kappa shape index (κ1) is 10.6. The van der Waals surface area contributed by atoms with E-state index in [9.17, 15) is 0 Å². The Kier molecular flexibility index (Phi) is 2.36. The quantitative estimate of drug-likeness (QED) is 0.715. The van der Waals surface area contributed by atoms with Crippen LogP contribution in [0.25, 0.3) is 10.8 Å². The molecule has 0 atom stereocenters. The van der Waals surface area contributed by atoms with E-state index in [1.54, 1.807) is 18.2 Å². The molecule has 0 saturated heterocycles. The van der Waals surface area contributed by atoms with Crippen LogP contribution in [-0.2, 0) is 12.8 Å². The normalized spacial score (nSPS) is 14.1. The van der Waals surface area contributed by atoms with Crippen molar-refractivity contribution < 1.29 is 4.74 Å². The van der Waals surface area contributed by atoms with Crippen molar-refractivity contribution >= 4 is 10.8 Å². The summed E-state index contributed by atoms with van der Waals surface area (Å²) in [6.07, 6.45) is 3.80. The highest BCUT2D eigenvalue weighted by atomic mass is 16.5. The standard InChI is InChI=1S/C16H18O/c1-10-11(2)16-9-12(17-3)7-8-15(16)14-6-4-5-13(10)14/h7-9H,4-6H2,1-3H3. The second-order valence-electron chi connectivity index (χ2n) is 4.97. The fourth-order valence-corrected chi connectivity index (χ4v) is 3.11. The number of methoxy groups -OCH3 is 1. The predicted molar refractivity (Wildman–Crippen MR) is 72.0 cm³/mol. The molecule has 0 radical (unpaired) electrons. The van der Waals surface area contributed by atoms with Gasteiger partial charge in [-0.05, 0) is 78.3 Å². The van der Waals surface area contributed by atoms with Crippen LogP contribution in [0.4, 0.5) is 0 Å². The molecule has 0 saturated carbocycles. The molecular formula is C16H18O. The van der Waals surface area contributed by atoms with E-state index < -0.39 is 0 Å². The lowest BCUT2D eigenvalue weighted by atomic mass is 9.92. The number of fused-ring (bicyclic) bond motifs is 3. The zero-order valence-electron chi connectivity index (χ0n) is 10.8. The van der Waals surface area contributed by atoms with Crippen LogP contribution in [0.3, 0.4) is 0 Å². The molecule has 2 aromatic carbocycles. The molecule has 0 N–H and O–H groups in total. The Bertz CT molecular complexity index is 596. The van der Waals surface area contributed by atoms with E-state index in [1.165, 1.54) is 41.2 Å². The second kappa shape index (κ2) is 3.76. The Morgan fingerprint density at radius 2 is 1.71 bits per heavy atom. The number of benzene rings is 2. The van der Waals surface area contributed by atoms with Crippen LogP contribution in [0.5, 0.6) is 5.75 Å². The molecule has 1 aliphatic rings. The molecule has 0 heterocycles. The van der Waals surface area contributed by atoms with Crippen LogP contribution in [0.2, 0.25) is 0 Å². The van der Waals surface area contributed by atoms with Crippen molar-refractivity contribution in [3.05, 3.63) is 40.5 Å². The van der Waals surface area contributed by atoms with E-state index in [1.807, 2.05) is 0 Å². The Labute approximate surface area is 102 Å². The number of hydrogen-bond acceptors (Lipinski definition) is 1. The molecule has 17 heavy (non-hydrogen) atoms. The van der Waals surface area contributed by atoms with Crippen LogP contribution < -0.4 is 4.74 Å². The fourth-order valence-electron chi connectivity index (χ4n) is 3.11. The molecule has 1 aliphatic carbocycles. The molecule has 0 aromatic heterocycles. The molecule has 0 fully saturated rings. The summed E-state index contributed by atoms with van der Waals surface area (Å²) >= 11 is 0. The largest absolute Gasteiger partial charge is 0.497 e. The lowest BCUT2D eigenvalue weighted by Gasteiger charge is -2.14. The summed E-state index contributed by atoms with van der Waals surface area (Å²) in [4.78, 5) is 0. The number of ether oxygens (including phenoxy) is 1. The van der Waals surface area contributed by atoms with E-state index in [-0.39, 0.29) is 0 Å². The molecule has 88 valence electrons. The molecular weight excluding hydrogens is 208 g/mol. The highest BCUT2D eigenvalue weighted by Gasteiger charge is 2.18. The summed E-state index contributed by atoms with van der Waals surface area (Å²) in [6.45, 7) is 4.49. The summed E-state index contributed by atoms with van der Waals surface area (Å²) in [5.74, 6) is 0.956. The highest BCUT2D eigenvalue weighted by Crippen LogP contribution is 2.36. The van der Waals surface area contributed by atoms with Gasteiger partial charge in [0.1, 0.15) is 5.75 Å². The van der Waals surface area contributed by atoms with Crippen molar-refractivity contribution in [1.82, 2.24) is 0 Å². The minimum absolute atomic E-state index is 0.956. The van der Waals surface area contributed by atoms with Crippen LogP contribution in [0.15, 0.2) is 18.2 Å². The summed E-state index contributed by atoms with van der Waals surface area (Å²) in [5.41, 5.74) is 6.07. The van der Waals surface area contributed by atoms with Gasteiger partial charge in [0.05, 0.1) is 7.11 Å². The molecule has 3 rings (SSSR count). The summed E-state index contributed by atoms with van der Waals surface area (Å²) in [6, 6.07) is 6.48. The van der Waals surface area contributed by atoms with Gasteiger partial charge >= 0.3 is 0 Å². The van der Waals surface area contributed by atoms with E-state index >= 15 is 0 Å². The van der Waals surface area contributed by atoms with Crippen molar-refractivity contribution in [2.45, 2.75) is 33.1 Å². The van der Waals surface area contributed by atoms with E-state index in [4.69, 9.17) is 4.74 Å². The van der Waals surface area contributed by atoms with Gasteiger partial charge in [0, 0.05) is 0 Å². The third-order valence-electron chi connectivity index (χ3n) is 4.19.